The number of hydrogen-bond acceptors (Lipinski definition) is 2. The Hall–Kier alpha value is -0.830. The molecule has 1 unspecified atom stereocenters. The molecule has 0 aromatic heterocycles. The third-order valence-corrected chi connectivity index (χ3v) is 3.16. The van der Waals surface area contributed by atoms with E-state index in [1.54, 1.807) is 6.92 Å². The number of nitrogens with zero attached hydrogens (tertiary/aromatic N) is 1. The highest BCUT2D eigenvalue weighted by atomic mass is 16.4. The molecule has 1 fully saturated rings. The number of carboxylic acid groups (broad SMARTS) is 1. The minimum absolute atomic E-state index is 0.450. The van der Waals surface area contributed by atoms with E-state index in [0.29, 0.717) is 11.6 Å². The van der Waals surface area contributed by atoms with Crippen molar-refractivity contribution in [3.8, 4) is 0 Å². The molecular weight excluding hydrogens is 190 g/mol. The Morgan fingerprint density at radius 3 is 2.87 bits per heavy atom. The zero-order valence-corrected chi connectivity index (χ0v) is 9.70. The van der Waals surface area contributed by atoms with Gasteiger partial charge in [-0.1, -0.05) is 18.9 Å². The quantitative estimate of drug-likeness (QED) is 0.728. The van der Waals surface area contributed by atoms with E-state index in [0.717, 1.165) is 13.1 Å². The van der Waals surface area contributed by atoms with E-state index in [4.69, 9.17) is 5.11 Å². The van der Waals surface area contributed by atoms with Crippen LogP contribution in [-0.4, -0.2) is 35.1 Å². The molecule has 0 radical (unpaired) electrons. The zero-order valence-electron chi connectivity index (χ0n) is 9.70. The van der Waals surface area contributed by atoms with Gasteiger partial charge in [0.15, 0.2) is 0 Å². The molecule has 0 aliphatic carbocycles. The molecule has 0 spiro atoms. The number of likely N-dealkylation sites (tertiary alicyclic amines) is 1. The highest BCUT2D eigenvalue weighted by Gasteiger charge is 2.15. The van der Waals surface area contributed by atoms with Crippen molar-refractivity contribution in [2.75, 3.05) is 13.1 Å². The molecule has 0 saturated carbocycles. The number of rotatable bonds is 3. The summed E-state index contributed by atoms with van der Waals surface area (Å²) in [5, 5.41) is 8.75. The van der Waals surface area contributed by atoms with Crippen LogP contribution < -0.4 is 0 Å². The lowest BCUT2D eigenvalue weighted by atomic mass is 10.1. The Bertz CT molecular complexity index is 248. The third-order valence-electron chi connectivity index (χ3n) is 3.16. The zero-order chi connectivity index (χ0) is 11.3. The Morgan fingerprint density at radius 1 is 1.47 bits per heavy atom. The summed E-state index contributed by atoms with van der Waals surface area (Å²) in [5.74, 6) is -0.808. The molecule has 86 valence electrons. The monoisotopic (exact) mass is 211 g/mol. The van der Waals surface area contributed by atoms with E-state index in [-0.39, 0.29) is 0 Å². The first kappa shape index (κ1) is 12.2. The lowest BCUT2D eigenvalue weighted by molar-refractivity contribution is -0.132. The summed E-state index contributed by atoms with van der Waals surface area (Å²) in [6.07, 6.45) is 6.91. The fourth-order valence-electron chi connectivity index (χ4n) is 1.95. The average Bonchev–Trinajstić information content (AvgIpc) is 2.39. The minimum Gasteiger partial charge on any atom is -0.478 e. The van der Waals surface area contributed by atoms with Crippen LogP contribution in [0.15, 0.2) is 11.6 Å². The molecule has 0 bridgehead atoms. The van der Waals surface area contributed by atoms with E-state index in [1.807, 2.05) is 6.08 Å². The Kier molecular flexibility index (Phi) is 4.82. The highest BCUT2D eigenvalue weighted by molar-refractivity contribution is 5.85. The molecule has 1 aliphatic heterocycles. The van der Waals surface area contributed by atoms with Crippen LogP contribution in [0.4, 0.5) is 0 Å². The van der Waals surface area contributed by atoms with Gasteiger partial charge in [0.25, 0.3) is 0 Å². The maximum Gasteiger partial charge on any atom is 0.330 e. The molecule has 1 atom stereocenters. The highest BCUT2D eigenvalue weighted by Crippen LogP contribution is 2.16. The second kappa shape index (κ2) is 5.91. The molecule has 1 saturated heterocycles. The third kappa shape index (κ3) is 4.04. The largest absolute Gasteiger partial charge is 0.478 e. The Labute approximate surface area is 91.8 Å². The van der Waals surface area contributed by atoms with Crippen molar-refractivity contribution in [3.63, 3.8) is 0 Å². The SMILES string of the molecule is CC(=CCN1CCCCCC1C)C(=O)O. The van der Waals surface area contributed by atoms with Gasteiger partial charge in [0.1, 0.15) is 0 Å². The van der Waals surface area contributed by atoms with Crippen LogP contribution in [0, 0.1) is 0 Å². The first-order valence-corrected chi connectivity index (χ1v) is 5.75. The van der Waals surface area contributed by atoms with Gasteiger partial charge in [-0.3, -0.25) is 4.90 Å². The molecule has 1 N–H and O–H groups in total. The smallest absolute Gasteiger partial charge is 0.330 e. The minimum atomic E-state index is -0.808. The first-order chi connectivity index (χ1) is 7.11. The normalized spacial score (nSPS) is 24.9. The molecule has 0 amide bonds. The number of carbonyl (C=O) groups is 1. The van der Waals surface area contributed by atoms with Crippen molar-refractivity contribution in [1.82, 2.24) is 4.90 Å². The predicted octanol–water partition coefficient (Wildman–Crippen LogP) is 2.28. The maximum atomic E-state index is 10.6. The second-order valence-corrected chi connectivity index (χ2v) is 4.39. The van der Waals surface area contributed by atoms with Crippen LogP contribution in [0.1, 0.15) is 39.5 Å². The van der Waals surface area contributed by atoms with Crippen LogP contribution in [0.25, 0.3) is 0 Å². The van der Waals surface area contributed by atoms with Gasteiger partial charge in [-0.15, -0.1) is 0 Å². The second-order valence-electron chi connectivity index (χ2n) is 4.39. The van der Waals surface area contributed by atoms with Gasteiger partial charge in [0.05, 0.1) is 0 Å². The molecular formula is C12H21NO2. The Balaban J connectivity index is 2.48. The molecule has 1 heterocycles. The van der Waals surface area contributed by atoms with E-state index < -0.39 is 5.97 Å². The van der Waals surface area contributed by atoms with Crippen molar-refractivity contribution in [2.45, 2.75) is 45.6 Å². The molecule has 0 aromatic carbocycles. The summed E-state index contributed by atoms with van der Waals surface area (Å²) in [4.78, 5) is 13.0. The van der Waals surface area contributed by atoms with E-state index in [2.05, 4.69) is 11.8 Å². The topological polar surface area (TPSA) is 40.5 Å². The fourth-order valence-corrected chi connectivity index (χ4v) is 1.95. The first-order valence-electron chi connectivity index (χ1n) is 5.75. The van der Waals surface area contributed by atoms with Gasteiger partial charge in [-0.25, -0.2) is 4.79 Å². The Morgan fingerprint density at radius 2 is 2.20 bits per heavy atom. The van der Waals surface area contributed by atoms with E-state index in [1.165, 1.54) is 25.7 Å². The van der Waals surface area contributed by atoms with Crippen LogP contribution in [0.2, 0.25) is 0 Å². The number of aliphatic carboxylic acids is 1. The van der Waals surface area contributed by atoms with E-state index >= 15 is 0 Å². The number of hydrogen-bond donors (Lipinski definition) is 1. The summed E-state index contributed by atoms with van der Waals surface area (Å²) in [5.41, 5.74) is 0.450. The van der Waals surface area contributed by atoms with Gasteiger partial charge in [-0.2, -0.15) is 0 Å². The molecule has 3 nitrogen and oxygen atoms in total. The van der Waals surface area contributed by atoms with Gasteiger partial charge < -0.3 is 5.11 Å². The van der Waals surface area contributed by atoms with Crippen molar-refractivity contribution < 1.29 is 9.90 Å². The standard InChI is InChI=1S/C12H21NO2/c1-10(12(14)15)7-9-13-8-5-3-4-6-11(13)2/h7,11H,3-6,8-9H2,1-2H3,(H,14,15). The van der Waals surface area contributed by atoms with Crippen LogP contribution >= 0.6 is 0 Å². The molecule has 1 rings (SSSR count). The fraction of sp³-hybridized carbons (Fsp3) is 0.750. The number of carboxylic acids is 1. The molecule has 1 aliphatic rings. The van der Waals surface area contributed by atoms with Crippen molar-refractivity contribution in [2.24, 2.45) is 0 Å². The van der Waals surface area contributed by atoms with Crippen molar-refractivity contribution in [3.05, 3.63) is 11.6 Å². The molecule has 15 heavy (non-hydrogen) atoms. The van der Waals surface area contributed by atoms with Crippen LogP contribution in [-0.2, 0) is 4.79 Å². The van der Waals surface area contributed by atoms with Crippen LogP contribution in [0.3, 0.4) is 0 Å². The van der Waals surface area contributed by atoms with Crippen LogP contribution in [0.5, 0.6) is 0 Å². The lowest BCUT2D eigenvalue weighted by Gasteiger charge is -2.25. The van der Waals surface area contributed by atoms with Crippen molar-refractivity contribution >= 4 is 5.97 Å². The summed E-state index contributed by atoms with van der Waals surface area (Å²) in [6, 6.07) is 0.588. The summed E-state index contributed by atoms with van der Waals surface area (Å²) in [7, 11) is 0. The van der Waals surface area contributed by atoms with Gasteiger partial charge >= 0.3 is 5.97 Å². The van der Waals surface area contributed by atoms with Gasteiger partial charge in [-0.05, 0) is 33.2 Å². The molecule has 3 heteroatoms. The molecule has 0 aromatic rings. The van der Waals surface area contributed by atoms with Gasteiger partial charge in [0.2, 0.25) is 0 Å². The lowest BCUT2D eigenvalue weighted by Crippen LogP contribution is -2.32. The summed E-state index contributed by atoms with van der Waals surface area (Å²) < 4.78 is 0. The van der Waals surface area contributed by atoms with Gasteiger partial charge in [0, 0.05) is 18.2 Å². The predicted molar refractivity (Wildman–Crippen MR) is 60.9 cm³/mol. The van der Waals surface area contributed by atoms with Crippen molar-refractivity contribution in [1.29, 1.82) is 0 Å². The van der Waals surface area contributed by atoms with E-state index in [9.17, 15) is 4.79 Å². The maximum absolute atomic E-state index is 10.6. The summed E-state index contributed by atoms with van der Waals surface area (Å²) >= 11 is 0. The average molecular weight is 211 g/mol. The summed E-state index contributed by atoms with van der Waals surface area (Å²) in [6.45, 7) is 5.77.